The lowest BCUT2D eigenvalue weighted by atomic mass is 10.0. The number of anilines is 1. The van der Waals surface area contributed by atoms with E-state index in [0.29, 0.717) is 25.0 Å². The van der Waals surface area contributed by atoms with Crippen molar-refractivity contribution in [3.05, 3.63) is 47.8 Å². The number of ether oxygens (including phenoxy) is 3. The Bertz CT molecular complexity index is 1260. The van der Waals surface area contributed by atoms with Crippen LogP contribution in [0.2, 0.25) is 5.15 Å². The third-order valence-corrected chi connectivity index (χ3v) is 5.80. The lowest BCUT2D eigenvalue weighted by Gasteiger charge is -2.32. The van der Waals surface area contributed by atoms with Gasteiger partial charge in [0, 0.05) is 24.3 Å². The summed E-state index contributed by atoms with van der Waals surface area (Å²) in [6.07, 6.45) is 3.25. The van der Waals surface area contributed by atoms with E-state index in [0.717, 1.165) is 6.07 Å². The van der Waals surface area contributed by atoms with Gasteiger partial charge in [0.15, 0.2) is 28.3 Å². The van der Waals surface area contributed by atoms with Gasteiger partial charge in [-0.2, -0.15) is 0 Å². The SMILES string of the molecule is C=CC(=O)NC1CCOC[C@H]1Nc1ncc2cc(-c3c(F)c(OC)cc(OC)c3F)nc(Cl)c2n1. The Morgan fingerprint density at radius 3 is 2.57 bits per heavy atom. The molecular formula is C23H22ClF2N5O4. The van der Waals surface area contributed by atoms with Crippen molar-refractivity contribution in [3.63, 3.8) is 0 Å². The lowest BCUT2D eigenvalue weighted by molar-refractivity contribution is -0.117. The summed E-state index contributed by atoms with van der Waals surface area (Å²) in [6, 6.07) is 2.00. The highest BCUT2D eigenvalue weighted by molar-refractivity contribution is 6.34. The van der Waals surface area contributed by atoms with Crippen LogP contribution < -0.4 is 20.1 Å². The number of amides is 1. The summed E-state index contributed by atoms with van der Waals surface area (Å²) in [4.78, 5) is 24.6. The Hall–Kier alpha value is -3.57. The van der Waals surface area contributed by atoms with Crippen molar-refractivity contribution in [2.24, 2.45) is 0 Å². The number of pyridine rings is 1. The van der Waals surface area contributed by atoms with Gasteiger partial charge in [-0.1, -0.05) is 18.2 Å². The van der Waals surface area contributed by atoms with Gasteiger partial charge < -0.3 is 24.8 Å². The molecule has 2 N–H and O–H groups in total. The van der Waals surface area contributed by atoms with Crippen LogP contribution in [0.1, 0.15) is 6.42 Å². The van der Waals surface area contributed by atoms with Crippen molar-refractivity contribution in [1.29, 1.82) is 0 Å². The van der Waals surface area contributed by atoms with Crippen molar-refractivity contribution in [2.45, 2.75) is 18.5 Å². The van der Waals surface area contributed by atoms with Crippen LogP contribution in [0, 0.1) is 11.6 Å². The first-order valence-electron chi connectivity index (χ1n) is 10.6. The molecule has 1 fully saturated rings. The van der Waals surface area contributed by atoms with Crippen LogP contribution in [0.5, 0.6) is 11.5 Å². The smallest absolute Gasteiger partial charge is 0.243 e. The third-order valence-electron chi connectivity index (χ3n) is 5.54. The average Bonchev–Trinajstić information content (AvgIpc) is 2.86. The lowest BCUT2D eigenvalue weighted by Crippen LogP contribution is -2.52. The number of hydrogen-bond donors (Lipinski definition) is 2. The molecule has 3 aromatic rings. The average molecular weight is 506 g/mol. The zero-order valence-electron chi connectivity index (χ0n) is 18.9. The molecule has 1 aliphatic heterocycles. The minimum absolute atomic E-state index is 0.0770. The third kappa shape index (κ3) is 4.96. The van der Waals surface area contributed by atoms with Crippen LogP contribution in [0.3, 0.4) is 0 Å². The number of carbonyl (C=O) groups excluding carboxylic acids is 1. The molecule has 12 heteroatoms. The van der Waals surface area contributed by atoms with Crippen LogP contribution in [0.25, 0.3) is 22.2 Å². The summed E-state index contributed by atoms with van der Waals surface area (Å²) in [7, 11) is 2.51. The van der Waals surface area contributed by atoms with Gasteiger partial charge in [-0.25, -0.2) is 23.7 Å². The number of nitrogens with one attached hydrogen (secondary N) is 2. The first-order chi connectivity index (χ1) is 16.9. The number of halogens is 3. The fourth-order valence-electron chi connectivity index (χ4n) is 3.77. The zero-order valence-corrected chi connectivity index (χ0v) is 19.7. The number of hydrogen-bond acceptors (Lipinski definition) is 8. The molecule has 184 valence electrons. The van der Waals surface area contributed by atoms with Gasteiger partial charge in [-0.3, -0.25) is 4.79 Å². The maximum Gasteiger partial charge on any atom is 0.243 e. The van der Waals surface area contributed by atoms with E-state index in [1.54, 1.807) is 0 Å². The molecule has 3 heterocycles. The Balaban J connectivity index is 1.69. The summed E-state index contributed by atoms with van der Waals surface area (Å²) in [5.74, 6) is -2.38. The molecule has 2 aromatic heterocycles. The number of aromatic nitrogens is 3. The molecule has 1 saturated heterocycles. The van der Waals surface area contributed by atoms with Gasteiger partial charge in [0.2, 0.25) is 11.9 Å². The number of carbonyl (C=O) groups is 1. The highest BCUT2D eigenvalue weighted by Gasteiger charge is 2.28. The van der Waals surface area contributed by atoms with Crippen molar-refractivity contribution in [3.8, 4) is 22.8 Å². The quantitative estimate of drug-likeness (QED) is 0.371. The van der Waals surface area contributed by atoms with E-state index in [-0.39, 0.29) is 51.8 Å². The second-order valence-electron chi connectivity index (χ2n) is 7.65. The van der Waals surface area contributed by atoms with E-state index in [1.165, 1.54) is 32.6 Å². The van der Waals surface area contributed by atoms with E-state index in [9.17, 15) is 13.6 Å². The molecule has 35 heavy (non-hydrogen) atoms. The zero-order chi connectivity index (χ0) is 25.1. The summed E-state index contributed by atoms with van der Waals surface area (Å²) >= 11 is 6.37. The second-order valence-corrected chi connectivity index (χ2v) is 8.01. The van der Waals surface area contributed by atoms with Gasteiger partial charge in [0.1, 0.15) is 5.52 Å². The topological polar surface area (TPSA) is 107 Å². The minimum Gasteiger partial charge on any atom is -0.494 e. The number of nitrogens with zero attached hydrogens (tertiary/aromatic N) is 3. The molecule has 0 spiro atoms. The molecule has 0 radical (unpaired) electrons. The highest BCUT2D eigenvalue weighted by atomic mass is 35.5. The van der Waals surface area contributed by atoms with Crippen LogP contribution in [0.4, 0.5) is 14.7 Å². The monoisotopic (exact) mass is 505 g/mol. The summed E-state index contributed by atoms with van der Waals surface area (Å²) in [5, 5.41) is 6.32. The van der Waals surface area contributed by atoms with Gasteiger partial charge in [-0.15, -0.1) is 0 Å². The molecular weight excluding hydrogens is 484 g/mol. The highest BCUT2D eigenvalue weighted by Crippen LogP contribution is 2.38. The second kappa shape index (κ2) is 10.4. The number of fused-ring (bicyclic) bond motifs is 1. The standard InChI is InChI=1S/C23H22ClF2N5O4/c1-4-17(32)28-12-5-6-35-10-14(12)30-23-27-9-11-7-13(29-22(24)21(11)31-23)18-19(25)15(33-2)8-16(34-3)20(18)26/h4,7-9,12,14H,1,5-6,10H2,2-3H3,(H,28,32)(H,27,30,31)/t12?,14-/m1/s1. The molecule has 1 amide bonds. The molecule has 1 aliphatic rings. The number of methoxy groups -OCH3 is 2. The molecule has 1 unspecified atom stereocenters. The van der Waals surface area contributed by atoms with E-state index in [2.05, 4.69) is 32.2 Å². The van der Waals surface area contributed by atoms with Gasteiger partial charge in [-0.05, 0) is 18.6 Å². The van der Waals surface area contributed by atoms with Crippen molar-refractivity contribution in [1.82, 2.24) is 20.3 Å². The van der Waals surface area contributed by atoms with Crippen LogP contribution in [0.15, 0.2) is 31.0 Å². The van der Waals surface area contributed by atoms with Gasteiger partial charge in [0.25, 0.3) is 0 Å². The predicted molar refractivity (Wildman–Crippen MR) is 126 cm³/mol. The molecule has 0 bridgehead atoms. The van der Waals surface area contributed by atoms with Crippen molar-refractivity contribution < 1.29 is 27.8 Å². The summed E-state index contributed by atoms with van der Waals surface area (Å²) in [6.45, 7) is 4.29. The molecule has 0 saturated carbocycles. The summed E-state index contributed by atoms with van der Waals surface area (Å²) < 4.78 is 45.4. The molecule has 2 atom stereocenters. The Morgan fingerprint density at radius 1 is 1.20 bits per heavy atom. The van der Waals surface area contributed by atoms with Crippen LogP contribution >= 0.6 is 11.6 Å². The van der Waals surface area contributed by atoms with E-state index in [4.69, 9.17) is 25.8 Å². The molecule has 4 rings (SSSR count). The number of rotatable bonds is 7. The number of benzene rings is 1. The Kier molecular flexibility index (Phi) is 7.27. The first kappa shape index (κ1) is 24.6. The van der Waals surface area contributed by atoms with Crippen molar-refractivity contribution in [2.75, 3.05) is 32.8 Å². The van der Waals surface area contributed by atoms with Crippen LogP contribution in [-0.4, -0.2) is 60.4 Å². The summed E-state index contributed by atoms with van der Waals surface area (Å²) in [5.41, 5.74) is -0.258. The minimum atomic E-state index is -0.946. The fraction of sp³-hybridized carbons (Fsp3) is 0.304. The predicted octanol–water partition coefficient (Wildman–Crippen LogP) is 3.51. The maximum absolute atomic E-state index is 15.0. The maximum atomic E-state index is 15.0. The van der Waals surface area contributed by atoms with Crippen LogP contribution in [-0.2, 0) is 9.53 Å². The normalized spacial score (nSPS) is 17.6. The van der Waals surface area contributed by atoms with E-state index >= 15 is 0 Å². The van der Waals surface area contributed by atoms with E-state index in [1.807, 2.05) is 0 Å². The first-order valence-corrected chi connectivity index (χ1v) is 10.9. The van der Waals surface area contributed by atoms with Gasteiger partial charge in [0.05, 0.1) is 44.2 Å². The largest absolute Gasteiger partial charge is 0.494 e. The molecule has 9 nitrogen and oxygen atoms in total. The van der Waals surface area contributed by atoms with Gasteiger partial charge >= 0.3 is 0 Å². The molecule has 0 aliphatic carbocycles. The van der Waals surface area contributed by atoms with Crippen molar-refractivity contribution >= 4 is 34.4 Å². The Morgan fingerprint density at radius 2 is 1.91 bits per heavy atom. The molecule has 1 aromatic carbocycles. The Labute approximate surface area is 204 Å². The van der Waals surface area contributed by atoms with E-state index < -0.39 is 17.2 Å². The fourth-order valence-corrected chi connectivity index (χ4v) is 4.01.